The fourth-order valence-corrected chi connectivity index (χ4v) is 2.69. The van der Waals surface area contributed by atoms with Crippen molar-refractivity contribution in [3.05, 3.63) is 57.6 Å². The van der Waals surface area contributed by atoms with Crippen LogP contribution in [0.5, 0.6) is 11.5 Å². The quantitative estimate of drug-likeness (QED) is 0.917. The predicted molar refractivity (Wildman–Crippen MR) is 82.4 cm³/mol. The Labute approximate surface area is 129 Å². The van der Waals surface area contributed by atoms with E-state index in [1.54, 1.807) is 12.1 Å². The number of hydrogen-bond donors (Lipinski definition) is 1. The molecular weight excluding hydrogens is 288 g/mol. The van der Waals surface area contributed by atoms with Crippen molar-refractivity contribution in [2.75, 3.05) is 13.2 Å². The summed E-state index contributed by atoms with van der Waals surface area (Å²) in [7, 11) is 0. The number of rotatable bonds is 2. The van der Waals surface area contributed by atoms with Crippen LogP contribution in [0.2, 0.25) is 5.02 Å². The third kappa shape index (κ3) is 2.71. The van der Waals surface area contributed by atoms with Gasteiger partial charge in [0.25, 0.3) is 0 Å². The molecule has 2 aromatic carbocycles. The van der Waals surface area contributed by atoms with Gasteiger partial charge in [-0.15, -0.1) is 0 Å². The van der Waals surface area contributed by atoms with Crippen molar-refractivity contribution in [3.8, 4) is 11.5 Å². The van der Waals surface area contributed by atoms with E-state index in [1.165, 1.54) is 5.56 Å². The van der Waals surface area contributed by atoms with Gasteiger partial charge in [-0.25, -0.2) is 0 Å². The largest absolute Gasteiger partial charge is 0.486 e. The van der Waals surface area contributed by atoms with Gasteiger partial charge in [-0.3, -0.25) is 0 Å². The van der Waals surface area contributed by atoms with Gasteiger partial charge in [-0.05, 0) is 48.2 Å². The summed E-state index contributed by atoms with van der Waals surface area (Å²) in [4.78, 5) is 0. The number of hydrogen-bond acceptors (Lipinski definition) is 3. The first-order valence-electron chi connectivity index (χ1n) is 6.90. The van der Waals surface area contributed by atoms with E-state index >= 15 is 0 Å². The maximum Gasteiger partial charge on any atom is 0.179 e. The van der Waals surface area contributed by atoms with Gasteiger partial charge in [-0.2, -0.15) is 0 Å². The average molecular weight is 305 g/mol. The summed E-state index contributed by atoms with van der Waals surface area (Å²) in [5.74, 6) is 1.14. The Morgan fingerprint density at radius 3 is 2.52 bits per heavy atom. The Morgan fingerprint density at radius 2 is 1.76 bits per heavy atom. The van der Waals surface area contributed by atoms with E-state index in [1.807, 2.05) is 32.0 Å². The highest BCUT2D eigenvalue weighted by molar-refractivity contribution is 6.32. The van der Waals surface area contributed by atoms with E-state index in [9.17, 15) is 5.11 Å². The normalized spacial score (nSPS) is 14.9. The Balaban J connectivity index is 1.99. The maximum absolute atomic E-state index is 10.6. The van der Waals surface area contributed by atoms with E-state index in [0.717, 1.165) is 11.1 Å². The summed E-state index contributed by atoms with van der Waals surface area (Å²) < 4.78 is 11.0. The van der Waals surface area contributed by atoms with Crippen LogP contribution in [0.3, 0.4) is 0 Å². The van der Waals surface area contributed by atoms with Crippen molar-refractivity contribution in [2.45, 2.75) is 20.0 Å². The fraction of sp³-hybridized carbons (Fsp3) is 0.294. The molecule has 0 amide bonds. The molecule has 1 N–H and O–H groups in total. The highest BCUT2D eigenvalue weighted by Crippen LogP contribution is 2.40. The number of aryl methyl sites for hydroxylation is 2. The molecule has 0 saturated heterocycles. The van der Waals surface area contributed by atoms with Crippen LogP contribution in [-0.2, 0) is 0 Å². The lowest BCUT2D eigenvalue weighted by atomic mass is 9.97. The Kier molecular flexibility index (Phi) is 3.79. The van der Waals surface area contributed by atoms with Gasteiger partial charge in [0.05, 0.1) is 5.02 Å². The number of fused-ring (bicyclic) bond motifs is 1. The molecule has 110 valence electrons. The van der Waals surface area contributed by atoms with Crippen molar-refractivity contribution in [1.29, 1.82) is 0 Å². The summed E-state index contributed by atoms with van der Waals surface area (Å²) in [6.07, 6.45) is -0.738. The minimum Gasteiger partial charge on any atom is -0.486 e. The molecule has 1 aliphatic rings. The molecule has 1 aliphatic heterocycles. The van der Waals surface area contributed by atoms with E-state index < -0.39 is 6.10 Å². The van der Waals surface area contributed by atoms with Gasteiger partial charge >= 0.3 is 0 Å². The molecule has 0 aliphatic carbocycles. The van der Waals surface area contributed by atoms with Crippen LogP contribution >= 0.6 is 11.6 Å². The Bertz CT molecular complexity index is 682. The second-order valence-electron chi connectivity index (χ2n) is 5.27. The highest BCUT2D eigenvalue weighted by atomic mass is 35.5. The summed E-state index contributed by atoms with van der Waals surface area (Å²) in [6, 6.07) is 9.45. The van der Waals surface area contributed by atoms with Gasteiger partial charge in [0.15, 0.2) is 11.5 Å². The van der Waals surface area contributed by atoms with Gasteiger partial charge in [0.1, 0.15) is 19.3 Å². The first kappa shape index (κ1) is 14.2. The molecular formula is C17H17ClO3. The number of aliphatic hydroxyl groups is 1. The monoisotopic (exact) mass is 304 g/mol. The molecule has 0 radical (unpaired) electrons. The lowest BCUT2D eigenvalue weighted by Gasteiger charge is -2.22. The third-order valence-electron chi connectivity index (χ3n) is 3.78. The number of aliphatic hydroxyl groups excluding tert-OH is 1. The second-order valence-corrected chi connectivity index (χ2v) is 5.68. The second kappa shape index (κ2) is 5.58. The number of ether oxygens (including phenoxy) is 2. The molecule has 0 fully saturated rings. The highest BCUT2D eigenvalue weighted by Gasteiger charge is 2.20. The van der Waals surface area contributed by atoms with Crippen molar-refractivity contribution < 1.29 is 14.6 Å². The summed E-state index contributed by atoms with van der Waals surface area (Å²) in [5, 5.41) is 11.0. The zero-order valence-corrected chi connectivity index (χ0v) is 12.8. The third-order valence-corrected chi connectivity index (χ3v) is 4.06. The minimum atomic E-state index is -0.738. The predicted octanol–water partition coefficient (Wildman–Crippen LogP) is 3.81. The van der Waals surface area contributed by atoms with Crippen molar-refractivity contribution in [3.63, 3.8) is 0 Å². The molecule has 3 rings (SSSR count). The molecule has 4 heteroatoms. The summed E-state index contributed by atoms with van der Waals surface area (Å²) in [6.45, 7) is 5.06. The van der Waals surface area contributed by atoms with Crippen LogP contribution in [0.1, 0.15) is 28.4 Å². The lowest BCUT2D eigenvalue weighted by molar-refractivity contribution is 0.170. The van der Waals surface area contributed by atoms with Gasteiger partial charge in [0, 0.05) is 0 Å². The molecule has 1 heterocycles. The molecule has 0 bridgehead atoms. The first-order chi connectivity index (χ1) is 10.1. The van der Waals surface area contributed by atoms with Crippen LogP contribution in [0.4, 0.5) is 0 Å². The topological polar surface area (TPSA) is 38.7 Å². The first-order valence-corrected chi connectivity index (χ1v) is 7.28. The molecule has 1 unspecified atom stereocenters. The van der Waals surface area contributed by atoms with Crippen LogP contribution in [0.25, 0.3) is 0 Å². The SMILES string of the molecule is Cc1ccc(C(O)c2cc(Cl)c3c(c2)OCCO3)cc1C. The number of benzene rings is 2. The van der Waals surface area contributed by atoms with E-state index in [0.29, 0.717) is 35.3 Å². The number of halogens is 1. The molecule has 3 nitrogen and oxygen atoms in total. The van der Waals surface area contributed by atoms with E-state index in [-0.39, 0.29) is 0 Å². The zero-order chi connectivity index (χ0) is 15.0. The van der Waals surface area contributed by atoms with Gasteiger partial charge in [-0.1, -0.05) is 29.8 Å². The van der Waals surface area contributed by atoms with Crippen LogP contribution in [0, 0.1) is 13.8 Å². The average Bonchev–Trinajstić information content (AvgIpc) is 2.49. The lowest BCUT2D eigenvalue weighted by Crippen LogP contribution is -2.16. The van der Waals surface area contributed by atoms with Crippen LogP contribution < -0.4 is 9.47 Å². The van der Waals surface area contributed by atoms with E-state index in [4.69, 9.17) is 21.1 Å². The molecule has 1 atom stereocenters. The van der Waals surface area contributed by atoms with Crippen molar-refractivity contribution in [2.24, 2.45) is 0 Å². The van der Waals surface area contributed by atoms with Crippen molar-refractivity contribution in [1.82, 2.24) is 0 Å². The summed E-state index contributed by atoms with van der Waals surface area (Å²) in [5.41, 5.74) is 3.89. The van der Waals surface area contributed by atoms with Gasteiger partial charge < -0.3 is 14.6 Å². The molecule has 0 saturated carbocycles. The molecule has 21 heavy (non-hydrogen) atoms. The smallest absolute Gasteiger partial charge is 0.179 e. The molecule has 0 aromatic heterocycles. The minimum absolute atomic E-state index is 0.463. The zero-order valence-electron chi connectivity index (χ0n) is 12.0. The Hall–Kier alpha value is -1.71. The van der Waals surface area contributed by atoms with Crippen molar-refractivity contribution >= 4 is 11.6 Å². The molecule has 2 aromatic rings. The van der Waals surface area contributed by atoms with Crippen LogP contribution in [-0.4, -0.2) is 18.3 Å². The van der Waals surface area contributed by atoms with Gasteiger partial charge in [0.2, 0.25) is 0 Å². The molecule has 0 spiro atoms. The van der Waals surface area contributed by atoms with E-state index in [2.05, 4.69) is 0 Å². The van der Waals surface area contributed by atoms with Crippen LogP contribution in [0.15, 0.2) is 30.3 Å². The summed E-state index contributed by atoms with van der Waals surface area (Å²) >= 11 is 6.22. The maximum atomic E-state index is 10.6. The standard InChI is InChI=1S/C17H17ClO3/c1-10-3-4-12(7-11(10)2)16(19)13-8-14(18)17-15(9-13)20-5-6-21-17/h3-4,7-9,16,19H,5-6H2,1-2H3. The fourth-order valence-electron chi connectivity index (χ4n) is 2.42. The Morgan fingerprint density at radius 1 is 1.00 bits per heavy atom.